The van der Waals surface area contributed by atoms with Crippen molar-refractivity contribution in [1.82, 2.24) is 10.3 Å². The van der Waals surface area contributed by atoms with Gasteiger partial charge in [-0.05, 0) is 60.5 Å². The molecule has 2 N–H and O–H groups in total. The molecule has 0 bridgehead atoms. The van der Waals surface area contributed by atoms with E-state index in [-0.39, 0.29) is 17.7 Å². The Hall–Kier alpha value is -2.79. The number of nitrogens with one attached hydrogen (secondary N) is 1. The molecule has 0 saturated heterocycles. The predicted octanol–water partition coefficient (Wildman–Crippen LogP) is 4.57. The van der Waals surface area contributed by atoms with Crippen molar-refractivity contribution < 1.29 is 9.90 Å². The van der Waals surface area contributed by atoms with Gasteiger partial charge < -0.3 is 10.4 Å². The Morgan fingerprint density at radius 3 is 2.65 bits per heavy atom. The van der Waals surface area contributed by atoms with Gasteiger partial charge in [0.1, 0.15) is 5.75 Å². The molecule has 1 heterocycles. The molecule has 0 aliphatic carbocycles. The van der Waals surface area contributed by atoms with Gasteiger partial charge in [0.25, 0.3) is 5.91 Å². The molecular formula is C21H20N2O2S. The van der Waals surface area contributed by atoms with Gasteiger partial charge in [0.2, 0.25) is 0 Å². The minimum Gasteiger partial charge on any atom is -0.508 e. The zero-order chi connectivity index (χ0) is 18.4. The van der Waals surface area contributed by atoms with Gasteiger partial charge >= 0.3 is 0 Å². The molecule has 0 aliphatic rings. The van der Waals surface area contributed by atoms with E-state index in [0.717, 1.165) is 16.2 Å². The number of hydrogen-bond acceptors (Lipinski definition) is 4. The molecule has 0 radical (unpaired) electrons. The van der Waals surface area contributed by atoms with Gasteiger partial charge in [-0.15, -0.1) is 11.8 Å². The first kappa shape index (κ1) is 18.0. The van der Waals surface area contributed by atoms with Crippen molar-refractivity contribution in [1.29, 1.82) is 0 Å². The third-order valence-corrected chi connectivity index (χ3v) is 5.05. The van der Waals surface area contributed by atoms with E-state index in [2.05, 4.69) is 10.3 Å². The topological polar surface area (TPSA) is 62.2 Å². The van der Waals surface area contributed by atoms with Crippen molar-refractivity contribution in [2.75, 3.05) is 0 Å². The zero-order valence-electron chi connectivity index (χ0n) is 14.4. The van der Waals surface area contributed by atoms with Crippen LogP contribution in [0.3, 0.4) is 0 Å². The fourth-order valence-corrected chi connectivity index (χ4v) is 3.34. The maximum absolute atomic E-state index is 12.4. The number of pyridine rings is 1. The average Bonchev–Trinajstić information content (AvgIpc) is 2.67. The quantitative estimate of drug-likeness (QED) is 0.629. The Labute approximate surface area is 157 Å². The molecule has 1 aromatic heterocycles. The lowest BCUT2D eigenvalue weighted by Crippen LogP contribution is -2.26. The highest BCUT2D eigenvalue weighted by Gasteiger charge is 2.12. The number of rotatable bonds is 6. The van der Waals surface area contributed by atoms with Crippen molar-refractivity contribution in [2.24, 2.45) is 0 Å². The van der Waals surface area contributed by atoms with E-state index in [1.165, 1.54) is 5.56 Å². The molecule has 0 saturated carbocycles. The summed E-state index contributed by atoms with van der Waals surface area (Å²) >= 11 is 1.71. The highest BCUT2D eigenvalue weighted by atomic mass is 32.2. The average molecular weight is 364 g/mol. The zero-order valence-corrected chi connectivity index (χ0v) is 15.2. The first-order valence-electron chi connectivity index (χ1n) is 8.33. The molecule has 3 aromatic rings. The second-order valence-corrected chi connectivity index (χ2v) is 7.01. The van der Waals surface area contributed by atoms with Gasteiger partial charge in [-0.1, -0.05) is 18.2 Å². The summed E-state index contributed by atoms with van der Waals surface area (Å²) in [5, 5.41) is 12.5. The van der Waals surface area contributed by atoms with Crippen molar-refractivity contribution in [3.05, 3.63) is 89.7 Å². The number of carbonyl (C=O) groups is 1. The molecule has 5 heteroatoms. The number of phenols is 1. The number of aromatic nitrogens is 1. The lowest BCUT2D eigenvalue weighted by Gasteiger charge is -2.15. The summed E-state index contributed by atoms with van der Waals surface area (Å²) in [4.78, 5) is 17.6. The number of aromatic hydroxyl groups is 1. The Kier molecular flexibility index (Phi) is 5.92. The van der Waals surface area contributed by atoms with Gasteiger partial charge in [-0.25, -0.2) is 0 Å². The maximum Gasteiger partial charge on any atom is 0.251 e. The molecule has 3 rings (SSSR count). The number of benzene rings is 2. The van der Waals surface area contributed by atoms with Gasteiger partial charge in [0.05, 0.1) is 6.04 Å². The smallest absolute Gasteiger partial charge is 0.251 e. The Morgan fingerprint density at radius 2 is 1.96 bits per heavy atom. The monoisotopic (exact) mass is 364 g/mol. The Balaban J connectivity index is 1.58. The molecule has 132 valence electrons. The number of hydrogen-bond donors (Lipinski definition) is 2. The summed E-state index contributed by atoms with van der Waals surface area (Å²) < 4.78 is 0. The van der Waals surface area contributed by atoms with Crippen LogP contribution >= 0.6 is 11.8 Å². The van der Waals surface area contributed by atoms with Gasteiger partial charge in [0.15, 0.2) is 0 Å². The van der Waals surface area contributed by atoms with E-state index in [1.54, 1.807) is 36.2 Å². The van der Waals surface area contributed by atoms with Crippen LogP contribution in [0.5, 0.6) is 5.75 Å². The predicted molar refractivity (Wildman–Crippen MR) is 104 cm³/mol. The third-order valence-electron chi connectivity index (χ3n) is 3.96. The highest BCUT2D eigenvalue weighted by molar-refractivity contribution is 7.98. The van der Waals surface area contributed by atoms with Crippen LogP contribution in [0.4, 0.5) is 0 Å². The number of amides is 1. The van der Waals surface area contributed by atoms with Gasteiger partial charge in [-0.3, -0.25) is 9.78 Å². The van der Waals surface area contributed by atoms with Crippen molar-refractivity contribution in [3.63, 3.8) is 0 Å². The first-order valence-corrected chi connectivity index (χ1v) is 9.32. The molecule has 0 fully saturated rings. The maximum atomic E-state index is 12.4. The van der Waals surface area contributed by atoms with E-state index in [1.807, 2.05) is 55.6 Å². The molecule has 0 spiro atoms. The van der Waals surface area contributed by atoms with Crippen LogP contribution < -0.4 is 5.32 Å². The molecule has 1 unspecified atom stereocenters. The summed E-state index contributed by atoms with van der Waals surface area (Å²) in [6.07, 6.45) is 3.62. The van der Waals surface area contributed by atoms with Crippen LogP contribution in [0.15, 0.2) is 78.0 Å². The Morgan fingerprint density at radius 1 is 1.15 bits per heavy atom. The second kappa shape index (κ2) is 8.54. The molecule has 4 nitrogen and oxygen atoms in total. The lowest BCUT2D eigenvalue weighted by molar-refractivity contribution is 0.0939. The fourth-order valence-electron chi connectivity index (χ4n) is 2.51. The molecule has 2 aromatic carbocycles. The van der Waals surface area contributed by atoms with Crippen LogP contribution in [0, 0.1) is 0 Å². The van der Waals surface area contributed by atoms with Crippen LogP contribution in [0.25, 0.3) is 0 Å². The minimum absolute atomic E-state index is 0.135. The van der Waals surface area contributed by atoms with E-state index in [9.17, 15) is 9.90 Å². The molecular weight excluding hydrogens is 344 g/mol. The number of thioether (sulfide) groups is 1. The summed E-state index contributed by atoms with van der Waals surface area (Å²) in [5.41, 5.74) is 2.64. The normalized spacial score (nSPS) is 11.7. The minimum atomic E-state index is -0.186. The second-order valence-electron chi connectivity index (χ2n) is 5.96. The van der Waals surface area contributed by atoms with Crippen LogP contribution in [0.2, 0.25) is 0 Å². The summed E-state index contributed by atoms with van der Waals surface area (Å²) in [6, 6.07) is 18.3. The highest BCUT2D eigenvalue weighted by Crippen LogP contribution is 2.23. The van der Waals surface area contributed by atoms with Crippen molar-refractivity contribution >= 4 is 17.7 Å². The third kappa shape index (κ3) is 4.86. The fraction of sp³-hybridized carbons (Fsp3) is 0.143. The van der Waals surface area contributed by atoms with Crippen LogP contribution in [-0.4, -0.2) is 16.0 Å². The molecule has 26 heavy (non-hydrogen) atoms. The van der Waals surface area contributed by atoms with E-state index < -0.39 is 0 Å². The van der Waals surface area contributed by atoms with Gasteiger partial charge in [-0.2, -0.15) is 0 Å². The lowest BCUT2D eigenvalue weighted by atomic mass is 10.1. The largest absolute Gasteiger partial charge is 0.508 e. The van der Waals surface area contributed by atoms with Gasteiger partial charge in [0, 0.05) is 28.6 Å². The van der Waals surface area contributed by atoms with Crippen molar-refractivity contribution in [3.8, 4) is 5.75 Å². The van der Waals surface area contributed by atoms with Crippen LogP contribution in [0.1, 0.15) is 34.5 Å². The number of carbonyl (C=O) groups excluding carboxylic acids is 1. The van der Waals surface area contributed by atoms with Crippen LogP contribution in [-0.2, 0) is 5.75 Å². The first-order chi connectivity index (χ1) is 12.6. The standard InChI is InChI=1S/C21H20N2O2S/c1-15(18-5-2-6-19(24)12-18)23-21(25)17-7-9-20(10-8-17)26-14-16-4-3-11-22-13-16/h2-13,15,24H,14H2,1H3,(H,23,25). The van der Waals surface area contributed by atoms with Crippen molar-refractivity contribution in [2.45, 2.75) is 23.6 Å². The summed E-state index contributed by atoms with van der Waals surface area (Å²) in [5.74, 6) is 0.900. The van der Waals surface area contributed by atoms with E-state index in [4.69, 9.17) is 0 Å². The number of nitrogens with zero attached hydrogens (tertiary/aromatic N) is 1. The summed E-state index contributed by atoms with van der Waals surface area (Å²) in [7, 11) is 0. The summed E-state index contributed by atoms with van der Waals surface area (Å²) in [6.45, 7) is 1.89. The van der Waals surface area contributed by atoms with E-state index in [0.29, 0.717) is 5.56 Å². The van der Waals surface area contributed by atoms with E-state index >= 15 is 0 Å². The SMILES string of the molecule is CC(NC(=O)c1ccc(SCc2cccnc2)cc1)c1cccc(O)c1. The molecule has 1 amide bonds. The number of phenolic OH excluding ortho intramolecular Hbond substituents is 1. The molecule has 0 aliphatic heterocycles. The Bertz CT molecular complexity index is 867. The molecule has 1 atom stereocenters.